The van der Waals surface area contributed by atoms with Gasteiger partial charge in [0.1, 0.15) is 0 Å². The Morgan fingerprint density at radius 2 is 1.91 bits per heavy atom. The molecule has 1 fully saturated rings. The van der Waals surface area contributed by atoms with Gasteiger partial charge in [0.25, 0.3) is 0 Å². The van der Waals surface area contributed by atoms with Gasteiger partial charge in [-0.05, 0) is 23.9 Å². The molecular weight excluding hydrogens is 298 g/mol. The van der Waals surface area contributed by atoms with Crippen LogP contribution in [0.15, 0.2) is 36.4 Å². The van der Waals surface area contributed by atoms with Crippen LogP contribution in [-0.4, -0.2) is 65.3 Å². The van der Waals surface area contributed by atoms with Crippen molar-refractivity contribution in [1.82, 2.24) is 15.1 Å². The van der Waals surface area contributed by atoms with Crippen molar-refractivity contribution in [2.45, 2.75) is 0 Å². The van der Waals surface area contributed by atoms with Gasteiger partial charge in [-0.3, -0.25) is 15.0 Å². The zero-order valence-electron chi connectivity index (χ0n) is 12.4. The fourth-order valence-electron chi connectivity index (χ4n) is 2.28. The summed E-state index contributed by atoms with van der Waals surface area (Å²) >= 11 is 5.28. The SMILES string of the molecule is O=C(C=Cc1ccccc1)NC(=S)N1CCN(CCO)CC1. The highest BCUT2D eigenvalue weighted by Crippen LogP contribution is 2.03. The van der Waals surface area contributed by atoms with Gasteiger partial charge < -0.3 is 10.0 Å². The van der Waals surface area contributed by atoms with E-state index in [4.69, 9.17) is 17.3 Å². The highest BCUT2D eigenvalue weighted by atomic mass is 32.1. The van der Waals surface area contributed by atoms with Crippen molar-refractivity contribution >= 4 is 29.3 Å². The van der Waals surface area contributed by atoms with Crippen molar-refractivity contribution in [3.8, 4) is 0 Å². The van der Waals surface area contributed by atoms with Crippen LogP contribution in [0.25, 0.3) is 6.08 Å². The van der Waals surface area contributed by atoms with Crippen LogP contribution in [0, 0.1) is 0 Å². The lowest BCUT2D eigenvalue weighted by Crippen LogP contribution is -2.52. The van der Waals surface area contributed by atoms with Crippen LogP contribution in [0.3, 0.4) is 0 Å². The predicted octanol–water partition coefficient (Wildman–Crippen LogP) is 0.711. The molecule has 6 heteroatoms. The summed E-state index contributed by atoms with van der Waals surface area (Å²) in [5.74, 6) is -0.216. The third-order valence-electron chi connectivity index (χ3n) is 3.53. The van der Waals surface area contributed by atoms with Gasteiger partial charge in [-0.1, -0.05) is 30.3 Å². The minimum absolute atomic E-state index is 0.172. The first-order valence-electron chi connectivity index (χ1n) is 7.35. The number of aliphatic hydroxyl groups excluding tert-OH is 1. The molecule has 0 unspecified atom stereocenters. The molecule has 22 heavy (non-hydrogen) atoms. The van der Waals surface area contributed by atoms with Crippen LogP contribution in [0.4, 0.5) is 0 Å². The van der Waals surface area contributed by atoms with Crippen LogP contribution in [0.2, 0.25) is 0 Å². The molecule has 1 heterocycles. The third kappa shape index (κ3) is 5.22. The number of nitrogens with zero attached hydrogens (tertiary/aromatic N) is 2. The lowest BCUT2D eigenvalue weighted by atomic mass is 10.2. The van der Waals surface area contributed by atoms with Gasteiger partial charge in [-0.2, -0.15) is 0 Å². The number of piperazine rings is 1. The lowest BCUT2D eigenvalue weighted by molar-refractivity contribution is -0.115. The highest BCUT2D eigenvalue weighted by Gasteiger charge is 2.18. The standard InChI is InChI=1S/C16H21N3O2S/c20-13-12-18-8-10-19(11-9-18)16(22)17-15(21)7-6-14-4-2-1-3-5-14/h1-7,20H,8-13H2,(H,17,21,22). The van der Waals surface area contributed by atoms with Gasteiger partial charge in [0.05, 0.1) is 6.61 Å². The number of carbonyl (C=O) groups is 1. The third-order valence-corrected chi connectivity index (χ3v) is 3.89. The zero-order chi connectivity index (χ0) is 15.8. The molecule has 0 aliphatic carbocycles. The molecule has 1 aliphatic rings. The molecule has 0 atom stereocenters. The van der Waals surface area contributed by atoms with Gasteiger partial charge in [0.2, 0.25) is 5.91 Å². The van der Waals surface area contributed by atoms with E-state index in [9.17, 15) is 4.79 Å². The van der Waals surface area contributed by atoms with Gasteiger partial charge in [0, 0.05) is 38.8 Å². The molecule has 2 rings (SSSR count). The van der Waals surface area contributed by atoms with Crippen LogP contribution in [0.1, 0.15) is 5.56 Å². The van der Waals surface area contributed by atoms with Crippen molar-refractivity contribution in [2.24, 2.45) is 0 Å². The number of hydrogen-bond donors (Lipinski definition) is 2. The first-order chi connectivity index (χ1) is 10.7. The van der Waals surface area contributed by atoms with E-state index in [2.05, 4.69) is 10.2 Å². The predicted molar refractivity (Wildman–Crippen MR) is 91.3 cm³/mol. The van der Waals surface area contributed by atoms with E-state index in [0.717, 1.165) is 31.7 Å². The van der Waals surface area contributed by atoms with Gasteiger partial charge in [-0.15, -0.1) is 0 Å². The van der Waals surface area contributed by atoms with Crippen LogP contribution in [0.5, 0.6) is 0 Å². The molecule has 1 saturated heterocycles. The molecule has 1 amide bonds. The first kappa shape index (κ1) is 16.6. The largest absolute Gasteiger partial charge is 0.395 e. The second-order valence-corrected chi connectivity index (χ2v) is 5.48. The summed E-state index contributed by atoms with van der Waals surface area (Å²) < 4.78 is 0. The van der Waals surface area contributed by atoms with E-state index >= 15 is 0 Å². The van der Waals surface area contributed by atoms with E-state index in [-0.39, 0.29) is 12.5 Å². The van der Waals surface area contributed by atoms with Crippen LogP contribution < -0.4 is 5.32 Å². The van der Waals surface area contributed by atoms with Gasteiger partial charge >= 0.3 is 0 Å². The number of carbonyl (C=O) groups excluding carboxylic acids is 1. The Kier molecular flexibility index (Phi) is 6.51. The van der Waals surface area contributed by atoms with Crippen molar-refractivity contribution < 1.29 is 9.90 Å². The second-order valence-electron chi connectivity index (χ2n) is 5.09. The van der Waals surface area contributed by atoms with Gasteiger partial charge in [0.15, 0.2) is 5.11 Å². The number of aliphatic hydroxyl groups is 1. The molecule has 5 nitrogen and oxygen atoms in total. The zero-order valence-corrected chi connectivity index (χ0v) is 13.3. The molecule has 0 saturated carbocycles. The Balaban J connectivity index is 1.77. The Hall–Kier alpha value is -1.76. The van der Waals surface area contributed by atoms with E-state index in [1.165, 1.54) is 6.08 Å². The second kappa shape index (κ2) is 8.63. The van der Waals surface area contributed by atoms with Crippen molar-refractivity contribution in [3.63, 3.8) is 0 Å². The maximum Gasteiger partial charge on any atom is 0.250 e. The summed E-state index contributed by atoms with van der Waals surface area (Å²) in [5.41, 5.74) is 0.973. The molecule has 1 aromatic rings. The Bertz CT molecular complexity index is 525. The molecule has 0 spiro atoms. The number of nitrogens with one attached hydrogen (secondary N) is 1. The fourth-order valence-corrected chi connectivity index (χ4v) is 2.56. The average Bonchev–Trinajstić information content (AvgIpc) is 2.55. The number of β-amino-alcohol motifs (C(OH)–C–C–N with tert-alkyl or cyclic N) is 1. The van der Waals surface area contributed by atoms with Crippen LogP contribution >= 0.6 is 12.2 Å². The molecule has 0 bridgehead atoms. The van der Waals surface area contributed by atoms with E-state index in [1.54, 1.807) is 6.08 Å². The molecule has 1 aliphatic heterocycles. The summed E-state index contributed by atoms with van der Waals surface area (Å²) in [6.07, 6.45) is 3.25. The highest BCUT2D eigenvalue weighted by molar-refractivity contribution is 7.80. The number of thiocarbonyl (C=S) groups is 1. The topological polar surface area (TPSA) is 55.8 Å². The maximum absolute atomic E-state index is 11.9. The quantitative estimate of drug-likeness (QED) is 0.632. The number of benzene rings is 1. The smallest absolute Gasteiger partial charge is 0.250 e. The van der Waals surface area contributed by atoms with E-state index in [0.29, 0.717) is 11.7 Å². The Labute approximate surface area is 136 Å². The minimum atomic E-state index is -0.216. The normalized spacial score (nSPS) is 16.0. The summed E-state index contributed by atoms with van der Waals surface area (Å²) in [6.45, 7) is 4.08. The molecule has 1 aromatic carbocycles. The molecule has 0 aromatic heterocycles. The first-order valence-corrected chi connectivity index (χ1v) is 7.76. The Morgan fingerprint density at radius 1 is 1.23 bits per heavy atom. The maximum atomic E-state index is 11.9. The van der Waals surface area contributed by atoms with E-state index < -0.39 is 0 Å². The van der Waals surface area contributed by atoms with Crippen LogP contribution in [-0.2, 0) is 4.79 Å². The molecule has 118 valence electrons. The lowest BCUT2D eigenvalue weighted by Gasteiger charge is -2.35. The van der Waals surface area contributed by atoms with Crippen molar-refractivity contribution in [1.29, 1.82) is 0 Å². The van der Waals surface area contributed by atoms with Crippen molar-refractivity contribution in [3.05, 3.63) is 42.0 Å². The molecule has 0 radical (unpaired) electrons. The van der Waals surface area contributed by atoms with E-state index in [1.807, 2.05) is 35.2 Å². The summed E-state index contributed by atoms with van der Waals surface area (Å²) in [4.78, 5) is 16.0. The monoisotopic (exact) mass is 319 g/mol. The summed E-state index contributed by atoms with van der Waals surface area (Å²) in [6, 6.07) is 9.65. The summed E-state index contributed by atoms with van der Waals surface area (Å²) in [7, 11) is 0. The molecular formula is C16H21N3O2S. The van der Waals surface area contributed by atoms with Gasteiger partial charge in [-0.25, -0.2) is 0 Å². The number of amides is 1. The molecule has 2 N–H and O–H groups in total. The summed E-state index contributed by atoms with van der Waals surface area (Å²) in [5, 5.41) is 12.1. The Morgan fingerprint density at radius 3 is 2.55 bits per heavy atom. The minimum Gasteiger partial charge on any atom is -0.395 e. The fraction of sp³-hybridized carbons (Fsp3) is 0.375. The number of rotatable bonds is 4. The van der Waals surface area contributed by atoms with Crippen molar-refractivity contribution in [2.75, 3.05) is 39.3 Å². The average molecular weight is 319 g/mol. The number of hydrogen-bond acceptors (Lipinski definition) is 4.